The third-order valence-corrected chi connectivity index (χ3v) is 6.05. The van der Waals surface area contributed by atoms with E-state index in [1.807, 2.05) is 12.1 Å². The van der Waals surface area contributed by atoms with Crippen LogP contribution in [0.5, 0.6) is 11.5 Å². The summed E-state index contributed by atoms with van der Waals surface area (Å²) in [7, 11) is 3.18. The first-order chi connectivity index (χ1) is 11.5. The van der Waals surface area contributed by atoms with Crippen LogP contribution in [-0.4, -0.2) is 26.3 Å². The van der Waals surface area contributed by atoms with Gasteiger partial charge in [-0.15, -0.1) is 0 Å². The minimum Gasteiger partial charge on any atom is -0.493 e. The molecular weight excluding hydrogens is 372 g/mol. The molecule has 1 N–H and O–H groups in total. The molecule has 3 rings (SSSR count). The van der Waals surface area contributed by atoms with Crippen LogP contribution in [0.2, 0.25) is 0 Å². The molecule has 2 aliphatic rings. The summed E-state index contributed by atoms with van der Waals surface area (Å²) in [5, 5.41) is 4.12. The van der Waals surface area contributed by atoms with Crippen LogP contribution >= 0.6 is 15.9 Å². The first kappa shape index (κ1) is 17.3. The molecule has 0 bridgehead atoms. The monoisotopic (exact) mass is 394 g/mol. The Morgan fingerprint density at radius 2 is 2.17 bits per heavy atom. The van der Waals surface area contributed by atoms with Crippen LogP contribution in [0.15, 0.2) is 21.7 Å². The molecule has 2 fully saturated rings. The molecule has 1 aromatic rings. The van der Waals surface area contributed by atoms with E-state index in [-0.39, 0.29) is 17.2 Å². The molecule has 130 valence electrons. The molecule has 6 heteroatoms. The fourth-order valence-electron chi connectivity index (χ4n) is 4.10. The average Bonchev–Trinajstić information content (AvgIpc) is 3.19. The van der Waals surface area contributed by atoms with Gasteiger partial charge in [-0.05, 0) is 57.8 Å². The number of hydrogen-bond donors (Lipinski definition) is 1. The van der Waals surface area contributed by atoms with Crippen molar-refractivity contribution in [2.75, 3.05) is 14.2 Å². The number of hydrogen-bond acceptors (Lipinski definition) is 4. The van der Waals surface area contributed by atoms with Crippen molar-refractivity contribution in [1.82, 2.24) is 5.43 Å². The van der Waals surface area contributed by atoms with Crippen molar-refractivity contribution in [3.63, 3.8) is 0 Å². The quantitative estimate of drug-likeness (QED) is 0.610. The zero-order chi connectivity index (χ0) is 17.3. The molecule has 0 radical (unpaired) electrons. The van der Waals surface area contributed by atoms with E-state index >= 15 is 0 Å². The van der Waals surface area contributed by atoms with E-state index < -0.39 is 0 Å². The number of carbonyl (C=O) groups is 1. The number of methoxy groups -OCH3 is 2. The minimum absolute atomic E-state index is 0.0418. The predicted octanol–water partition coefficient (Wildman–Crippen LogP) is 3.74. The third-order valence-electron chi connectivity index (χ3n) is 5.46. The summed E-state index contributed by atoms with van der Waals surface area (Å²) in [6, 6.07) is 3.69. The molecule has 0 heterocycles. The van der Waals surface area contributed by atoms with Crippen LogP contribution in [0.4, 0.5) is 0 Å². The molecule has 0 unspecified atom stereocenters. The van der Waals surface area contributed by atoms with Gasteiger partial charge in [0.1, 0.15) is 0 Å². The van der Waals surface area contributed by atoms with E-state index in [0.717, 1.165) is 16.5 Å². The Morgan fingerprint density at radius 3 is 2.79 bits per heavy atom. The number of carbonyl (C=O) groups excluding carboxylic acids is 1. The highest BCUT2D eigenvalue weighted by Gasteiger charge is 2.64. The first-order valence-corrected chi connectivity index (χ1v) is 9.05. The van der Waals surface area contributed by atoms with Gasteiger partial charge in [0, 0.05) is 5.92 Å². The maximum absolute atomic E-state index is 12.4. The number of rotatable bonds is 5. The zero-order valence-electron chi connectivity index (χ0n) is 14.3. The summed E-state index contributed by atoms with van der Waals surface area (Å²) >= 11 is 3.45. The maximum Gasteiger partial charge on any atom is 0.244 e. The lowest BCUT2D eigenvalue weighted by molar-refractivity contribution is -0.123. The number of fused-ring (bicyclic) bond motifs is 1. The molecule has 0 aromatic heterocycles. The smallest absolute Gasteiger partial charge is 0.244 e. The van der Waals surface area contributed by atoms with Crippen LogP contribution in [0, 0.1) is 17.3 Å². The number of halogens is 1. The molecule has 24 heavy (non-hydrogen) atoms. The van der Waals surface area contributed by atoms with E-state index in [1.54, 1.807) is 20.4 Å². The van der Waals surface area contributed by atoms with E-state index in [4.69, 9.17) is 9.47 Å². The topological polar surface area (TPSA) is 59.9 Å². The normalized spacial score (nSPS) is 28.3. The number of nitrogens with one attached hydrogen (secondary N) is 1. The van der Waals surface area contributed by atoms with Crippen LogP contribution in [0.1, 0.15) is 38.2 Å². The highest BCUT2D eigenvalue weighted by Crippen LogP contribution is 2.66. The standard InChI is InChI=1S/C18H23BrN2O3/c1-18-7-5-4-6-12(18)15(18)17(22)21-20-10-11-8-13(19)16(24-3)14(9-11)23-2/h8-10,12,15H,4-7H2,1-3H3,(H,21,22)/b20-10-/t12-,15-,18-/m0/s1. The summed E-state index contributed by atoms with van der Waals surface area (Å²) in [6.07, 6.45) is 6.43. The van der Waals surface area contributed by atoms with Crippen LogP contribution in [0.3, 0.4) is 0 Å². The summed E-state index contributed by atoms with van der Waals surface area (Å²) in [6.45, 7) is 2.23. The number of ether oxygens (including phenoxy) is 2. The van der Waals surface area contributed by atoms with Crippen molar-refractivity contribution in [2.24, 2.45) is 22.4 Å². The fraction of sp³-hybridized carbons (Fsp3) is 0.556. The van der Waals surface area contributed by atoms with E-state index in [1.165, 1.54) is 19.3 Å². The fourth-order valence-corrected chi connectivity index (χ4v) is 4.72. The number of nitrogens with zero attached hydrogens (tertiary/aromatic N) is 1. The lowest BCUT2D eigenvalue weighted by Crippen LogP contribution is -2.22. The Bertz CT molecular complexity index is 676. The second kappa shape index (κ2) is 6.75. The number of benzene rings is 1. The average molecular weight is 395 g/mol. The molecule has 0 saturated heterocycles. The van der Waals surface area contributed by atoms with Crippen LogP contribution < -0.4 is 14.9 Å². The van der Waals surface area contributed by atoms with Crippen LogP contribution in [-0.2, 0) is 4.79 Å². The lowest BCUT2D eigenvalue weighted by atomic mass is 9.90. The molecule has 0 aliphatic heterocycles. The Morgan fingerprint density at radius 1 is 1.38 bits per heavy atom. The zero-order valence-corrected chi connectivity index (χ0v) is 15.9. The van der Waals surface area contributed by atoms with Gasteiger partial charge in [0.2, 0.25) is 5.91 Å². The lowest BCUT2D eigenvalue weighted by Gasteiger charge is -2.15. The highest BCUT2D eigenvalue weighted by atomic mass is 79.9. The molecule has 1 aromatic carbocycles. The van der Waals surface area contributed by atoms with Crippen molar-refractivity contribution in [3.05, 3.63) is 22.2 Å². The minimum atomic E-state index is 0.0418. The predicted molar refractivity (Wildman–Crippen MR) is 96.5 cm³/mol. The van der Waals surface area contributed by atoms with Crippen LogP contribution in [0.25, 0.3) is 0 Å². The first-order valence-electron chi connectivity index (χ1n) is 8.25. The van der Waals surface area contributed by atoms with Gasteiger partial charge in [-0.25, -0.2) is 5.43 Å². The van der Waals surface area contributed by atoms with Gasteiger partial charge in [0.25, 0.3) is 0 Å². The van der Waals surface area contributed by atoms with E-state index in [2.05, 4.69) is 33.4 Å². The Balaban J connectivity index is 1.65. The summed E-state index contributed by atoms with van der Waals surface area (Å²) < 4.78 is 11.4. The van der Waals surface area contributed by atoms with Crippen molar-refractivity contribution in [1.29, 1.82) is 0 Å². The SMILES string of the molecule is COc1cc(/C=N\NC(=O)[C@@H]2[C@@H]3CCCC[C@]23C)cc(Br)c1OC. The van der Waals surface area contributed by atoms with Gasteiger partial charge < -0.3 is 9.47 Å². The third kappa shape index (κ3) is 3.04. The van der Waals surface area contributed by atoms with Gasteiger partial charge in [-0.3, -0.25) is 4.79 Å². The largest absolute Gasteiger partial charge is 0.493 e. The van der Waals surface area contributed by atoms with Crippen molar-refractivity contribution in [2.45, 2.75) is 32.6 Å². The van der Waals surface area contributed by atoms with E-state index in [9.17, 15) is 4.79 Å². The second-order valence-corrected chi connectivity index (χ2v) is 7.66. The second-order valence-electron chi connectivity index (χ2n) is 6.81. The molecule has 2 aliphatic carbocycles. The molecule has 3 atom stereocenters. The Hall–Kier alpha value is -1.56. The Labute approximate surface area is 150 Å². The summed E-state index contributed by atoms with van der Waals surface area (Å²) in [4.78, 5) is 12.4. The van der Waals surface area contributed by atoms with Crippen molar-refractivity contribution < 1.29 is 14.3 Å². The van der Waals surface area contributed by atoms with Gasteiger partial charge in [0.05, 0.1) is 24.9 Å². The molecule has 0 spiro atoms. The van der Waals surface area contributed by atoms with E-state index in [0.29, 0.717) is 17.4 Å². The van der Waals surface area contributed by atoms with Gasteiger partial charge in [-0.2, -0.15) is 5.10 Å². The number of amides is 1. The van der Waals surface area contributed by atoms with Gasteiger partial charge >= 0.3 is 0 Å². The Kier molecular flexibility index (Phi) is 4.85. The van der Waals surface area contributed by atoms with Crippen molar-refractivity contribution >= 4 is 28.1 Å². The highest BCUT2D eigenvalue weighted by molar-refractivity contribution is 9.10. The summed E-state index contributed by atoms with van der Waals surface area (Å²) in [5.41, 5.74) is 3.72. The number of hydrazone groups is 1. The molecular formula is C18H23BrN2O3. The van der Waals surface area contributed by atoms with Gasteiger partial charge in [-0.1, -0.05) is 19.8 Å². The maximum atomic E-state index is 12.4. The van der Waals surface area contributed by atoms with Crippen molar-refractivity contribution in [3.8, 4) is 11.5 Å². The molecule has 1 amide bonds. The summed E-state index contributed by atoms with van der Waals surface area (Å²) in [5.74, 6) is 1.94. The van der Waals surface area contributed by atoms with Gasteiger partial charge in [0.15, 0.2) is 11.5 Å². The molecule has 5 nitrogen and oxygen atoms in total. The molecule has 2 saturated carbocycles.